The number of aromatic nitrogens is 4. The number of anilines is 1. The van der Waals surface area contributed by atoms with Crippen molar-refractivity contribution < 1.29 is 0 Å². The van der Waals surface area contributed by atoms with Crippen molar-refractivity contribution in [2.45, 2.75) is 20.8 Å². The third kappa shape index (κ3) is 2.34. The van der Waals surface area contributed by atoms with E-state index in [0.717, 1.165) is 6.54 Å². The Labute approximate surface area is 87.2 Å². The van der Waals surface area contributed by atoms with E-state index >= 15 is 0 Å². The van der Waals surface area contributed by atoms with Crippen LogP contribution in [-0.4, -0.2) is 26.5 Å². The molecular weight excluding hydrogens is 194 g/mol. The molecule has 0 saturated carbocycles. The van der Waals surface area contributed by atoms with Gasteiger partial charge in [-0.15, -0.1) is 0 Å². The van der Waals surface area contributed by atoms with Crippen molar-refractivity contribution in [3.05, 3.63) is 16.8 Å². The van der Waals surface area contributed by atoms with Crippen LogP contribution in [-0.2, 0) is 0 Å². The predicted molar refractivity (Wildman–Crippen MR) is 60.0 cm³/mol. The van der Waals surface area contributed by atoms with Crippen LogP contribution in [0.4, 0.5) is 5.82 Å². The van der Waals surface area contributed by atoms with E-state index in [1.165, 1.54) is 6.33 Å². The minimum atomic E-state index is -0.269. The van der Waals surface area contributed by atoms with Crippen molar-refractivity contribution in [1.82, 2.24) is 19.9 Å². The van der Waals surface area contributed by atoms with Crippen LogP contribution in [0.1, 0.15) is 20.8 Å². The lowest BCUT2D eigenvalue weighted by Crippen LogP contribution is -2.01. The van der Waals surface area contributed by atoms with Crippen molar-refractivity contribution >= 4 is 17.0 Å². The zero-order valence-electron chi connectivity index (χ0n) is 9.09. The third-order valence-electron chi connectivity index (χ3n) is 1.66. The van der Waals surface area contributed by atoms with Crippen molar-refractivity contribution in [1.29, 1.82) is 0 Å². The van der Waals surface area contributed by atoms with Gasteiger partial charge in [0.05, 0.1) is 0 Å². The van der Waals surface area contributed by atoms with Gasteiger partial charge in [-0.3, -0.25) is 4.98 Å². The van der Waals surface area contributed by atoms with Gasteiger partial charge in [-0.1, -0.05) is 13.8 Å². The average molecular weight is 209 g/mol. The number of hydrogen-bond acceptors (Lipinski definition) is 4. The van der Waals surface area contributed by atoms with Gasteiger partial charge in [-0.25, -0.2) is 14.8 Å². The Kier molecular flexibility index (Phi) is 3.84. The molecular formula is C9H15N5O. The Bertz CT molecular complexity index is 473. The summed E-state index contributed by atoms with van der Waals surface area (Å²) in [6.45, 7) is 6.71. The monoisotopic (exact) mass is 209 g/mol. The molecule has 15 heavy (non-hydrogen) atoms. The Morgan fingerprint density at radius 1 is 1.33 bits per heavy atom. The van der Waals surface area contributed by atoms with Crippen LogP contribution >= 0.6 is 0 Å². The second kappa shape index (κ2) is 5.14. The number of rotatable bonds is 2. The fourth-order valence-electron chi connectivity index (χ4n) is 1.15. The Morgan fingerprint density at radius 3 is 2.73 bits per heavy atom. The number of H-pyrrole nitrogens is 2. The molecule has 0 unspecified atom stereocenters. The minimum Gasteiger partial charge on any atom is -0.368 e. The summed E-state index contributed by atoms with van der Waals surface area (Å²) in [6.07, 6.45) is 1.41. The summed E-state index contributed by atoms with van der Waals surface area (Å²) >= 11 is 0. The first kappa shape index (κ1) is 11.2. The molecule has 0 fully saturated rings. The van der Waals surface area contributed by atoms with Gasteiger partial charge in [0.1, 0.15) is 11.8 Å². The summed E-state index contributed by atoms with van der Waals surface area (Å²) < 4.78 is 0. The highest BCUT2D eigenvalue weighted by molar-refractivity contribution is 5.81. The van der Waals surface area contributed by atoms with Gasteiger partial charge in [0.2, 0.25) is 0 Å². The van der Waals surface area contributed by atoms with Crippen LogP contribution in [0.2, 0.25) is 0 Å². The SMILES string of the molecule is CC.CCNc1ncnc2[nH]c(=O)[nH]c12. The second-order valence-electron chi connectivity index (χ2n) is 2.56. The highest BCUT2D eigenvalue weighted by Gasteiger charge is 2.04. The van der Waals surface area contributed by atoms with Gasteiger partial charge in [0, 0.05) is 6.54 Å². The molecule has 2 aromatic heterocycles. The smallest absolute Gasteiger partial charge is 0.325 e. The van der Waals surface area contributed by atoms with Crippen molar-refractivity contribution in [2.24, 2.45) is 0 Å². The van der Waals surface area contributed by atoms with Crippen LogP contribution in [0.3, 0.4) is 0 Å². The molecule has 0 radical (unpaired) electrons. The Morgan fingerprint density at radius 2 is 2.07 bits per heavy atom. The number of imidazole rings is 1. The normalized spacial score (nSPS) is 9.53. The maximum absolute atomic E-state index is 10.9. The van der Waals surface area contributed by atoms with Crippen LogP contribution < -0.4 is 11.0 Å². The van der Waals surface area contributed by atoms with Crippen LogP contribution in [0.5, 0.6) is 0 Å². The van der Waals surface area contributed by atoms with E-state index in [-0.39, 0.29) is 5.69 Å². The Balaban J connectivity index is 0.000000531. The van der Waals surface area contributed by atoms with E-state index in [2.05, 4.69) is 25.3 Å². The van der Waals surface area contributed by atoms with E-state index in [4.69, 9.17) is 0 Å². The fourth-order valence-corrected chi connectivity index (χ4v) is 1.15. The Hall–Kier alpha value is -1.85. The maximum atomic E-state index is 10.9. The molecule has 6 nitrogen and oxygen atoms in total. The summed E-state index contributed by atoms with van der Waals surface area (Å²) in [5.41, 5.74) is 0.875. The summed E-state index contributed by atoms with van der Waals surface area (Å²) in [4.78, 5) is 24.0. The van der Waals surface area contributed by atoms with Crippen molar-refractivity contribution in [2.75, 3.05) is 11.9 Å². The molecule has 0 aliphatic heterocycles. The molecule has 82 valence electrons. The molecule has 0 amide bonds. The highest BCUT2D eigenvalue weighted by Crippen LogP contribution is 2.11. The molecule has 0 aliphatic carbocycles. The first-order valence-corrected chi connectivity index (χ1v) is 4.98. The molecule has 0 saturated heterocycles. The average Bonchev–Trinajstić information content (AvgIpc) is 2.63. The second-order valence-corrected chi connectivity index (χ2v) is 2.56. The first-order valence-electron chi connectivity index (χ1n) is 4.98. The van der Waals surface area contributed by atoms with E-state index in [1.54, 1.807) is 0 Å². The topological polar surface area (TPSA) is 86.5 Å². The molecule has 3 N–H and O–H groups in total. The van der Waals surface area contributed by atoms with Gasteiger partial charge < -0.3 is 10.3 Å². The van der Waals surface area contributed by atoms with E-state index in [0.29, 0.717) is 17.0 Å². The minimum absolute atomic E-state index is 0.269. The van der Waals surface area contributed by atoms with Crippen LogP contribution in [0.25, 0.3) is 11.2 Å². The van der Waals surface area contributed by atoms with Crippen molar-refractivity contribution in [3.63, 3.8) is 0 Å². The maximum Gasteiger partial charge on any atom is 0.325 e. The van der Waals surface area contributed by atoms with Crippen LogP contribution in [0, 0.1) is 0 Å². The molecule has 0 aliphatic rings. The zero-order valence-corrected chi connectivity index (χ0v) is 9.09. The van der Waals surface area contributed by atoms with E-state index in [1.807, 2.05) is 20.8 Å². The van der Waals surface area contributed by atoms with E-state index in [9.17, 15) is 4.79 Å². The molecule has 0 bridgehead atoms. The molecule has 6 heteroatoms. The highest BCUT2D eigenvalue weighted by atomic mass is 16.1. The summed E-state index contributed by atoms with van der Waals surface area (Å²) in [5, 5.41) is 3.02. The standard InChI is InChI=1S/C7H9N5O.C2H6/c1-2-8-5-4-6(10-3-9-5)12-7(13)11-4;1-2/h3H,2H2,1H3,(H3,8,9,10,11,12,13);1-2H3. The van der Waals surface area contributed by atoms with Crippen molar-refractivity contribution in [3.8, 4) is 0 Å². The quantitative estimate of drug-likeness (QED) is 0.691. The summed E-state index contributed by atoms with van der Waals surface area (Å²) in [6, 6.07) is 0. The number of nitrogens with one attached hydrogen (secondary N) is 3. The number of nitrogens with zero attached hydrogens (tertiary/aromatic N) is 2. The molecule has 0 atom stereocenters. The lowest BCUT2D eigenvalue weighted by Gasteiger charge is -2.00. The third-order valence-corrected chi connectivity index (χ3v) is 1.66. The number of hydrogen-bond donors (Lipinski definition) is 3. The van der Waals surface area contributed by atoms with E-state index < -0.39 is 0 Å². The van der Waals surface area contributed by atoms with Gasteiger partial charge in [-0.2, -0.15) is 0 Å². The lowest BCUT2D eigenvalue weighted by molar-refractivity contribution is 1.13. The molecule has 0 aromatic carbocycles. The predicted octanol–water partition coefficient (Wildman–Crippen LogP) is 1.10. The fraction of sp³-hybridized carbons (Fsp3) is 0.444. The number of aromatic amines is 2. The van der Waals surface area contributed by atoms with Gasteiger partial charge >= 0.3 is 5.69 Å². The molecule has 2 rings (SSSR count). The summed E-state index contributed by atoms with van der Waals surface area (Å²) in [5.74, 6) is 0.644. The summed E-state index contributed by atoms with van der Waals surface area (Å²) in [7, 11) is 0. The zero-order chi connectivity index (χ0) is 11.3. The first-order chi connectivity index (χ1) is 7.31. The van der Waals surface area contributed by atoms with Gasteiger partial charge in [0.25, 0.3) is 0 Å². The largest absolute Gasteiger partial charge is 0.368 e. The number of fused-ring (bicyclic) bond motifs is 1. The van der Waals surface area contributed by atoms with Crippen LogP contribution in [0.15, 0.2) is 11.1 Å². The van der Waals surface area contributed by atoms with Gasteiger partial charge in [-0.05, 0) is 6.92 Å². The molecule has 2 heterocycles. The lowest BCUT2D eigenvalue weighted by atomic mass is 10.5. The van der Waals surface area contributed by atoms with Gasteiger partial charge in [0.15, 0.2) is 11.5 Å². The molecule has 0 spiro atoms. The molecule has 2 aromatic rings.